The molecule has 0 atom stereocenters. The average molecular weight is 286 g/mol. The Kier molecular flexibility index (Phi) is 3.89. The Morgan fingerprint density at radius 3 is 2.24 bits per heavy atom. The van der Waals surface area contributed by atoms with Crippen LogP contribution in [0, 0.1) is 6.92 Å². The van der Waals surface area contributed by atoms with Gasteiger partial charge in [-0.05, 0) is 43.3 Å². The number of H-pyrrole nitrogens is 1. The number of aromatic amines is 1. The van der Waals surface area contributed by atoms with Crippen molar-refractivity contribution in [3.05, 3.63) is 63.6 Å². The zero-order chi connectivity index (χ0) is 15.6. The molecule has 0 bridgehead atoms. The maximum absolute atomic E-state index is 12.3. The van der Waals surface area contributed by atoms with Crippen molar-refractivity contribution >= 4 is 17.6 Å². The van der Waals surface area contributed by atoms with E-state index in [2.05, 4.69) is 4.98 Å². The van der Waals surface area contributed by atoms with Crippen LogP contribution in [0.5, 0.6) is 0 Å². The summed E-state index contributed by atoms with van der Waals surface area (Å²) >= 11 is 0. The highest BCUT2D eigenvalue weighted by Gasteiger charge is 2.17. The summed E-state index contributed by atoms with van der Waals surface area (Å²) < 4.78 is 0. The van der Waals surface area contributed by atoms with Crippen LogP contribution in [-0.2, 0) is 0 Å². The second-order valence-corrected chi connectivity index (χ2v) is 4.60. The van der Waals surface area contributed by atoms with E-state index in [-0.39, 0.29) is 11.1 Å². The number of hydrogen-bond donors (Lipinski definition) is 2. The van der Waals surface area contributed by atoms with Gasteiger partial charge in [0.25, 0.3) is 11.5 Å². The van der Waals surface area contributed by atoms with E-state index in [1.165, 1.54) is 42.3 Å². The molecule has 1 amide bonds. The Bertz CT molecular complexity index is 747. The number of carbonyl (C=O) groups is 2. The minimum absolute atomic E-state index is 0.0328. The number of pyridine rings is 1. The van der Waals surface area contributed by atoms with Gasteiger partial charge in [-0.25, -0.2) is 4.79 Å². The van der Waals surface area contributed by atoms with Crippen LogP contribution in [-0.4, -0.2) is 29.0 Å². The van der Waals surface area contributed by atoms with E-state index in [1.807, 2.05) is 0 Å². The van der Waals surface area contributed by atoms with Crippen molar-refractivity contribution < 1.29 is 14.7 Å². The van der Waals surface area contributed by atoms with Gasteiger partial charge in [-0.3, -0.25) is 9.59 Å². The topological polar surface area (TPSA) is 90.5 Å². The first kappa shape index (κ1) is 14.5. The highest BCUT2D eigenvalue weighted by Crippen LogP contribution is 2.15. The molecule has 0 aliphatic carbocycles. The van der Waals surface area contributed by atoms with Crippen LogP contribution in [0.1, 0.15) is 26.4 Å². The van der Waals surface area contributed by atoms with Crippen LogP contribution in [0.25, 0.3) is 0 Å². The lowest BCUT2D eigenvalue weighted by Crippen LogP contribution is -2.31. The second-order valence-electron chi connectivity index (χ2n) is 4.60. The summed E-state index contributed by atoms with van der Waals surface area (Å²) in [6.07, 6.45) is 0. The van der Waals surface area contributed by atoms with Gasteiger partial charge in [0, 0.05) is 18.4 Å². The average Bonchev–Trinajstić information content (AvgIpc) is 2.46. The number of carboxylic acid groups (broad SMARTS) is 1. The molecule has 1 heterocycles. The molecule has 1 aromatic carbocycles. The molecule has 21 heavy (non-hydrogen) atoms. The molecule has 0 unspecified atom stereocenters. The summed E-state index contributed by atoms with van der Waals surface area (Å²) in [6, 6.07) is 8.96. The molecule has 2 aromatic rings. The Hall–Kier alpha value is -2.89. The molecule has 0 fully saturated rings. The highest BCUT2D eigenvalue weighted by atomic mass is 16.4. The summed E-state index contributed by atoms with van der Waals surface area (Å²) in [5.41, 5.74) is 0.891. The quantitative estimate of drug-likeness (QED) is 0.897. The van der Waals surface area contributed by atoms with Gasteiger partial charge >= 0.3 is 5.97 Å². The Labute approximate surface area is 120 Å². The Morgan fingerprint density at radius 1 is 1.10 bits per heavy atom. The lowest BCUT2D eigenvalue weighted by Gasteiger charge is -2.17. The van der Waals surface area contributed by atoms with Crippen molar-refractivity contribution in [1.82, 2.24) is 4.98 Å². The molecule has 0 spiro atoms. The number of nitrogens with zero attached hydrogens (tertiary/aromatic N) is 1. The van der Waals surface area contributed by atoms with Crippen LogP contribution in [0.2, 0.25) is 0 Å². The summed E-state index contributed by atoms with van der Waals surface area (Å²) in [4.78, 5) is 38.7. The van der Waals surface area contributed by atoms with E-state index in [1.54, 1.807) is 13.0 Å². The zero-order valence-corrected chi connectivity index (χ0v) is 11.6. The standard InChI is InChI=1S/C15H14N2O4/c1-9-3-8-12(13(18)16-9)14(19)17(2)11-6-4-10(5-7-11)15(20)21/h3-8H,1-2H3,(H,16,18)(H,20,21). The van der Waals surface area contributed by atoms with Gasteiger partial charge in [-0.2, -0.15) is 0 Å². The first-order valence-corrected chi connectivity index (χ1v) is 6.21. The number of rotatable bonds is 3. The summed E-state index contributed by atoms with van der Waals surface area (Å²) in [7, 11) is 1.53. The normalized spacial score (nSPS) is 10.2. The van der Waals surface area contributed by atoms with Crippen molar-refractivity contribution in [1.29, 1.82) is 0 Å². The highest BCUT2D eigenvalue weighted by molar-refractivity contribution is 6.05. The molecule has 1 aromatic heterocycles. The van der Waals surface area contributed by atoms with Crippen LogP contribution < -0.4 is 10.5 Å². The van der Waals surface area contributed by atoms with Crippen LogP contribution in [0.15, 0.2) is 41.2 Å². The molecule has 0 aliphatic rings. The van der Waals surface area contributed by atoms with Gasteiger partial charge in [-0.15, -0.1) is 0 Å². The minimum Gasteiger partial charge on any atom is -0.478 e. The van der Waals surface area contributed by atoms with Crippen molar-refractivity contribution in [2.24, 2.45) is 0 Å². The smallest absolute Gasteiger partial charge is 0.335 e. The van der Waals surface area contributed by atoms with E-state index in [4.69, 9.17) is 5.11 Å². The third kappa shape index (κ3) is 3.00. The molecule has 108 valence electrons. The Morgan fingerprint density at radius 2 is 1.71 bits per heavy atom. The first-order valence-electron chi connectivity index (χ1n) is 6.21. The lowest BCUT2D eigenvalue weighted by atomic mass is 10.1. The Balaban J connectivity index is 2.30. The number of nitrogens with one attached hydrogen (secondary N) is 1. The first-order chi connectivity index (χ1) is 9.90. The number of aromatic carboxylic acids is 1. The fourth-order valence-electron chi connectivity index (χ4n) is 1.87. The molecule has 0 aliphatic heterocycles. The van der Waals surface area contributed by atoms with Gasteiger partial charge < -0.3 is 15.0 Å². The number of hydrogen-bond acceptors (Lipinski definition) is 3. The number of carboxylic acids is 1. The van der Waals surface area contributed by atoms with E-state index < -0.39 is 17.4 Å². The molecule has 6 heteroatoms. The number of aryl methyl sites for hydroxylation is 1. The number of aromatic nitrogens is 1. The van der Waals surface area contributed by atoms with Crippen LogP contribution in [0.3, 0.4) is 0 Å². The zero-order valence-electron chi connectivity index (χ0n) is 11.6. The number of amides is 1. The van der Waals surface area contributed by atoms with Gasteiger partial charge in [0.15, 0.2) is 0 Å². The fourth-order valence-corrected chi connectivity index (χ4v) is 1.87. The molecule has 2 rings (SSSR count). The van der Waals surface area contributed by atoms with E-state index in [0.717, 1.165) is 0 Å². The van der Waals surface area contributed by atoms with Gasteiger partial charge in [-0.1, -0.05) is 0 Å². The van der Waals surface area contributed by atoms with Gasteiger partial charge in [0.05, 0.1) is 5.56 Å². The predicted molar refractivity (Wildman–Crippen MR) is 77.9 cm³/mol. The molecule has 2 N–H and O–H groups in total. The SMILES string of the molecule is Cc1ccc(C(=O)N(C)c2ccc(C(=O)O)cc2)c(=O)[nH]1. The van der Waals surface area contributed by atoms with E-state index in [9.17, 15) is 14.4 Å². The van der Waals surface area contributed by atoms with E-state index in [0.29, 0.717) is 11.4 Å². The van der Waals surface area contributed by atoms with Crippen molar-refractivity contribution in [2.45, 2.75) is 6.92 Å². The largest absolute Gasteiger partial charge is 0.478 e. The molecule has 0 saturated carbocycles. The third-order valence-corrected chi connectivity index (χ3v) is 3.09. The minimum atomic E-state index is -1.04. The molecular weight excluding hydrogens is 272 g/mol. The fraction of sp³-hybridized carbons (Fsp3) is 0.133. The molecule has 0 radical (unpaired) electrons. The maximum Gasteiger partial charge on any atom is 0.335 e. The summed E-state index contributed by atoms with van der Waals surface area (Å²) in [6.45, 7) is 1.73. The monoisotopic (exact) mass is 286 g/mol. The molecular formula is C15H14N2O4. The van der Waals surface area contributed by atoms with Crippen molar-refractivity contribution in [3.8, 4) is 0 Å². The summed E-state index contributed by atoms with van der Waals surface area (Å²) in [5.74, 6) is -1.50. The third-order valence-electron chi connectivity index (χ3n) is 3.09. The van der Waals surface area contributed by atoms with Gasteiger partial charge in [0.2, 0.25) is 0 Å². The number of carbonyl (C=O) groups excluding carboxylic acids is 1. The maximum atomic E-state index is 12.3. The number of anilines is 1. The van der Waals surface area contributed by atoms with Crippen LogP contribution >= 0.6 is 0 Å². The lowest BCUT2D eigenvalue weighted by molar-refractivity contribution is 0.0696. The van der Waals surface area contributed by atoms with Crippen LogP contribution in [0.4, 0.5) is 5.69 Å². The predicted octanol–water partition coefficient (Wildman–Crippen LogP) is 1.66. The summed E-state index contributed by atoms with van der Waals surface area (Å²) in [5, 5.41) is 8.84. The van der Waals surface area contributed by atoms with Crippen molar-refractivity contribution in [3.63, 3.8) is 0 Å². The van der Waals surface area contributed by atoms with Gasteiger partial charge in [0.1, 0.15) is 5.56 Å². The second kappa shape index (κ2) is 5.62. The molecule has 0 saturated heterocycles. The van der Waals surface area contributed by atoms with E-state index >= 15 is 0 Å². The van der Waals surface area contributed by atoms with Crippen molar-refractivity contribution in [2.75, 3.05) is 11.9 Å². The molecule has 6 nitrogen and oxygen atoms in total. The number of benzene rings is 1.